The largest absolute Gasteiger partial charge is 1.00 e. The van der Waals surface area contributed by atoms with Crippen LogP contribution >= 0.6 is 0 Å². The molecule has 0 aliphatic carbocycles. The summed E-state index contributed by atoms with van der Waals surface area (Å²) in [5.74, 6) is 0. The van der Waals surface area contributed by atoms with E-state index in [0.717, 1.165) is 0 Å². The van der Waals surface area contributed by atoms with Gasteiger partial charge in [0.15, 0.2) is 0 Å². The van der Waals surface area contributed by atoms with E-state index in [9.17, 15) is 0 Å². The molecule has 0 fully saturated rings. The van der Waals surface area contributed by atoms with Gasteiger partial charge in [-0.05, 0) is 0 Å². The predicted molar refractivity (Wildman–Crippen MR) is 8.02 cm³/mol. The minimum absolute atomic E-state index is 0. The van der Waals surface area contributed by atoms with Gasteiger partial charge in [0.1, 0.15) is 0 Å². The molecule has 0 aliphatic rings. The predicted octanol–water partition coefficient (Wildman–Crippen LogP) is -10.1. The van der Waals surface area contributed by atoms with E-state index < -0.39 is 6.16 Å². The van der Waals surface area contributed by atoms with E-state index in [0.29, 0.717) is 0 Å². The molecule has 0 radical (unpaired) electrons. The first-order valence-corrected chi connectivity index (χ1v) is 0.632. The third kappa shape index (κ3) is 83.7. The molecular formula is CHBrNa2O3. The Balaban J connectivity index is -0.0000000150. The Labute approximate surface area is 95.8 Å². The molecule has 0 aliphatic heterocycles. The van der Waals surface area contributed by atoms with Crippen molar-refractivity contribution < 1.29 is 91.1 Å². The number of carboxylic acid groups (broad SMARTS) is 2. The van der Waals surface area contributed by atoms with Crippen LogP contribution in [0.5, 0.6) is 0 Å². The summed E-state index contributed by atoms with van der Waals surface area (Å²) < 4.78 is 0. The summed E-state index contributed by atoms with van der Waals surface area (Å²) in [5, 5.41) is 15.3. The first-order valence-electron chi connectivity index (χ1n) is 0.632. The Morgan fingerprint density at radius 3 is 1.43 bits per heavy atom. The van der Waals surface area contributed by atoms with Crippen molar-refractivity contribution in [2.75, 3.05) is 0 Å². The minimum Gasteiger partial charge on any atom is -1.00 e. The van der Waals surface area contributed by atoms with Crippen LogP contribution in [-0.4, -0.2) is 11.3 Å². The molecule has 0 rings (SSSR count). The Hall–Kier alpha value is 1.75. The fraction of sp³-hybridized carbons (Fsp3) is 0. The van der Waals surface area contributed by atoms with Crippen molar-refractivity contribution in [2.24, 2.45) is 0 Å². The molecule has 0 saturated carbocycles. The van der Waals surface area contributed by atoms with Gasteiger partial charge in [0.2, 0.25) is 6.16 Å². The monoisotopic (exact) mass is 186 g/mol. The van der Waals surface area contributed by atoms with Crippen LogP contribution in [0, 0.1) is 0 Å². The second-order valence-electron chi connectivity index (χ2n) is 0.266. The van der Waals surface area contributed by atoms with Crippen LogP contribution in [0.4, 0.5) is 4.79 Å². The van der Waals surface area contributed by atoms with E-state index in [1.807, 2.05) is 0 Å². The summed E-state index contributed by atoms with van der Waals surface area (Å²) in [7, 11) is 0. The quantitative estimate of drug-likeness (QED) is 0.383. The van der Waals surface area contributed by atoms with Crippen molar-refractivity contribution in [1.82, 2.24) is 0 Å². The molecule has 0 heterocycles. The van der Waals surface area contributed by atoms with Crippen molar-refractivity contribution in [2.45, 2.75) is 0 Å². The third-order valence-corrected chi connectivity index (χ3v) is 0. The Bertz CT molecular complexity index is 35.9. The average molecular weight is 187 g/mol. The molecule has 7 heavy (non-hydrogen) atoms. The van der Waals surface area contributed by atoms with Crippen LogP contribution in [-0.2, 0) is 0 Å². The van der Waals surface area contributed by atoms with E-state index in [4.69, 9.17) is 15.0 Å². The SMILES string of the molecule is O=C([O-])O.[Br-].[Na+].[Na+]. The second-order valence-corrected chi connectivity index (χ2v) is 0.266. The topological polar surface area (TPSA) is 60.4 Å². The number of hydrogen-bond donors (Lipinski definition) is 1. The molecule has 0 aromatic rings. The van der Waals surface area contributed by atoms with Gasteiger partial charge in [-0.1, -0.05) is 0 Å². The standard InChI is InChI=1S/CH2O3.BrH.2Na/c2-1(3)4;;;/h(H2,2,3,4);1H;;/q;;2*+1/p-2. The normalized spacial score (nSPS) is 3.43. The molecule has 0 amide bonds. The number of halogens is 1. The molecule has 0 bridgehead atoms. The van der Waals surface area contributed by atoms with Gasteiger partial charge < -0.3 is 32.0 Å². The van der Waals surface area contributed by atoms with Crippen molar-refractivity contribution >= 4 is 6.16 Å². The zero-order valence-electron chi connectivity index (χ0n) is 4.14. The van der Waals surface area contributed by atoms with E-state index >= 15 is 0 Å². The second kappa shape index (κ2) is 15.7. The maximum absolute atomic E-state index is 8.44. The first-order chi connectivity index (χ1) is 1.73. The van der Waals surface area contributed by atoms with Crippen molar-refractivity contribution in [1.29, 1.82) is 0 Å². The van der Waals surface area contributed by atoms with Gasteiger partial charge in [-0.15, -0.1) is 0 Å². The molecule has 32 valence electrons. The molecule has 3 nitrogen and oxygen atoms in total. The molecule has 1 N–H and O–H groups in total. The zero-order valence-corrected chi connectivity index (χ0v) is 9.73. The van der Waals surface area contributed by atoms with Crippen molar-refractivity contribution in [3.05, 3.63) is 0 Å². The molecule has 6 heteroatoms. The maximum atomic E-state index is 8.44. The van der Waals surface area contributed by atoms with Gasteiger partial charge >= 0.3 is 59.1 Å². The fourth-order valence-electron chi connectivity index (χ4n) is 0. The van der Waals surface area contributed by atoms with Crippen LogP contribution < -0.4 is 81.2 Å². The Morgan fingerprint density at radius 1 is 1.43 bits per heavy atom. The summed E-state index contributed by atoms with van der Waals surface area (Å²) in [5.41, 5.74) is 0. The van der Waals surface area contributed by atoms with E-state index in [1.54, 1.807) is 0 Å². The molecular weight excluding hydrogens is 186 g/mol. The van der Waals surface area contributed by atoms with E-state index in [-0.39, 0.29) is 76.1 Å². The molecule has 0 aromatic heterocycles. The Morgan fingerprint density at radius 2 is 1.43 bits per heavy atom. The zero-order chi connectivity index (χ0) is 3.58. The maximum Gasteiger partial charge on any atom is 1.00 e. The number of rotatable bonds is 0. The van der Waals surface area contributed by atoms with Gasteiger partial charge in [-0.25, -0.2) is 0 Å². The van der Waals surface area contributed by atoms with Crippen LogP contribution in [0.25, 0.3) is 0 Å². The molecule has 0 aromatic carbocycles. The summed E-state index contributed by atoms with van der Waals surface area (Å²) in [6.07, 6.45) is -2.08. The smallest absolute Gasteiger partial charge is 1.00 e. The third-order valence-electron chi connectivity index (χ3n) is 0. The molecule has 0 saturated heterocycles. The molecule has 0 unspecified atom stereocenters. The number of carbonyl (C=O) groups is 1. The number of hydrogen-bond acceptors (Lipinski definition) is 2. The molecule has 0 atom stereocenters. The summed E-state index contributed by atoms with van der Waals surface area (Å²) >= 11 is 0. The molecule has 0 spiro atoms. The van der Waals surface area contributed by atoms with Crippen LogP contribution in [0.2, 0.25) is 0 Å². The van der Waals surface area contributed by atoms with E-state index in [1.165, 1.54) is 0 Å². The van der Waals surface area contributed by atoms with Crippen LogP contribution in [0.15, 0.2) is 0 Å². The van der Waals surface area contributed by atoms with Crippen molar-refractivity contribution in [3.63, 3.8) is 0 Å². The fourth-order valence-corrected chi connectivity index (χ4v) is 0. The van der Waals surface area contributed by atoms with E-state index in [2.05, 4.69) is 0 Å². The van der Waals surface area contributed by atoms with Gasteiger partial charge in [0.05, 0.1) is 0 Å². The van der Waals surface area contributed by atoms with Gasteiger partial charge in [-0.2, -0.15) is 0 Å². The minimum atomic E-state index is -2.08. The summed E-state index contributed by atoms with van der Waals surface area (Å²) in [4.78, 5) is 8.44. The van der Waals surface area contributed by atoms with Gasteiger partial charge in [0, 0.05) is 0 Å². The Kier molecular flexibility index (Phi) is 52.1. The summed E-state index contributed by atoms with van der Waals surface area (Å²) in [6, 6.07) is 0. The van der Waals surface area contributed by atoms with Gasteiger partial charge in [0.25, 0.3) is 0 Å². The van der Waals surface area contributed by atoms with Crippen LogP contribution in [0.3, 0.4) is 0 Å². The average Bonchev–Trinajstić information content (AvgIpc) is 0.811. The van der Waals surface area contributed by atoms with Crippen LogP contribution in [0.1, 0.15) is 0 Å². The first kappa shape index (κ1) is 23.3. The summed E-state index contributed by atoms with van der Waals surface area (Å²) in [6.45, 7) is 0. The van der Waals surface area contributed by atoms with Gasteiger partial charge in [-0.3, -0.25) is 0 Å². The van der Waals surface area contributed by atoms with Crippen molar-refractivity contribution in [3.8, 4) is 0 Å².